The van der Waals surface area contributed by atoms with Crippen molar-refractivity contribution in [1.29, 1.82) is 0 Å². The largest absolute Gasteiger partial charge is 0.493 e. The van der Waals surface area contributed by atoms with Crippen LogP contribution in [0.1, 0.15) is 12.8 Å². The molecule has 0 amide bonds. The first-order valence-corrected chi connectivity index (χ1v) is 6.55. The normalized spacial score (nSPS) is 14.8. The van der Waals surface area contributed by atoms with Gasteiger partial charge in [0.2, 0.25) is 0 Å². The molecule has 4 heteroatoms. The van der Waals surface area contributed by atoms with Gasteiger partial charge in [0.05, 0.1) is 7.11 Å². The maximum absolute atomic E-state index is 5.78. The second-order valence-corrected chi connectivity index (χ2v) is 4.56. The summed E-state index contributed by atoms with van der Waals surface area (Å²) in [6, 6.07) is 8.47. The van der Waals surface area contributed by atoms with Gasteiger partial charge in [0, 0.05) is 25.7 Å². The van der Waals surface area contributed by atoms with Gasteiger partial charge in [-0.15, -0.1) is 0 Å². The summed E-state index contributed by atoms with van der Waals surface area (Å²) in [6.07, 6.45) is 2.60. The molecular formula is C14H22N2O2. The molecule has 2 rings (SSSR count). The van der Waals surface area contributed by atoms with Crippen LogP contribution in [0.2, 0.25) is 0 Å². The number of nitrogens with two attached hydrogens (primary N) is 1. The lowest BCUT2D eigenvalue weighted by atomic mass is 10.3. The summed E-state index contributed by atoms with van der Waals surface area (Å²) in [5.74, 6) is 1.60. The van der Waals surface area contributed by atoms with Crippen molar-refractivity contribution >= 4 is 0 Å². The quantitative estimate of drug-likeness (QED) is 0.759. The molecule has 0 aliphatic heterocycles. The Hall–Kier alpha value is -1.26. The third-order valence-electron chi connectivity index (χ3n) is 3.18. The van der Waals surface area contributed by atoms with Crippen LogP contribution >= 0.6 is 0 Å². The number of hydrogen-bond donors (Lipinski definition) is 1. The lowest BCUT2D eigenvalue weighted by Gasteiger charge is -2.21. The SMILES string of the molecule is COc1ccccc1OCCN(CCN)C1CC1. The summed E-state index contributed by atoms with van der Waals surface area (Å²) in [6.45, 7) is 3.28. The molecule has 0 heterocycles. The number of ether oxygens (including phenoxy) is 2. The molecular weight excluding hydrogens is 228 g/mol. The number of rotatable bonds is 8. The first kappa shape index (κ1) is 13.2. The van der Waals surface area contributed by atoms with Crippen molar-refractivity contribution in [3.05, 3.63) is 24.3 Å². The molecule has 1 saturated carbocycles. The number of para-hydroxylation sites is 2. The van der Waals surface area contributed by atoms with Crippen molar-refractivity contribution in [2.45, 2.75) is 18.9 Å². The Morgan fingerprint density at radius 1 is 1.22 bits per heavy atom. The summed E-state index contributed by atoms with van der Waals surface area (Å²) >= 11 is 0. The van der Waals surface area contributed by atoms with E-state index in [0.717, 1.165) is 30.6 Å². The number of benzene rings is 1. The second kappa shape index (κ2) is 6.61. The maximum atomic E-state index is 5.78. The molecule has 0 saturated heterocycles. The molecule has 1 aromatic rings. The van der Waals surface area contributed by atoms with E-state index >= 15 is 0 Å². The zero-order chi connectivity index (χ0) is 12.8. The monoisotopic (exact) mass is 250 g/mol. The average Bonchev–Trinajstić information content (AvgIpc) is 3.22. The first-order valence-electron chi connectivity index (χ1n) is 6.55. The van der Waals surface area contributed by atoms with Gasteiger partial charge in [-0.3, -0.25) is 4.90 Å². The Balaban J connectivity index is 1.79. The minimum Gasteiger partial charge on any atom is -0.493 e. The van der Waals surface area contributed by atoms with Crippen LogP contribution < -0.4 is 15.2 Å². The number of hydrogen-bond acceptors (Lipinski definition) is 4. The van der Waals surface area contributed by atoms with Crippen LogP contribution in [0.3, 0.4) is 0 Å². The number of nitrogens with zero attached hydrogens (tertiary/aromatic N) is 1. The van der Waals surface area contributed by atoms with Crippen molar-refractivity contribution in [3.8, 4) is 11.5 Å². The fourth-order valence-electron chi connectivity index (χ4n) is 2.09. The Morgan fingerprint density at radius 3 is 2.56 bits per heavy atom. The molecule has 0 unspecified atom stereocenters. The predicted molar refractivity (Wildman–Crippen MR) is 72.1 cm³/mol. The summed E-state index contributed by atoms with van der Waals surface area (Å²) in [5.41, 5.74) is 5.62. The predicted octanol–water partition coefficient (Wildman–Crippen LogP) is 1.50. The van der Waals surface area contributed by atoms with Crippen molar-refractivity contribution in [2.24, 2.45) is 5.73 Å². The van der Waals surface area contributed by atoms with Crippen LogP contribution in [0.15, 0.2) is 24.3 Å². The molecule has 0 bridgehead atoms. The zero-order valence-corrected chi connectivity index (χ0v) is 11.0. The molecule has 4 nitrogen and oxygen atoms in total. The van der Waals surface area contributed by atoms with Crippen LogP contribution in [0.5, 0.6) is 11.5 Å². The van der Waals surface area contributed by atoms with Crippen LogP contribution in [-0.4, -0.2) is 44.3 Å². The third-order valence-corrected chi connectivity index (χ3v) is 3.18. The molecule has 2 N–H and O–H groups in total. The Morgan fingerprint density at radius 2 is 1.94 bits per heavy atom. The topological polar surface area (TPSA) is 47.7 Å². The van der Waals surface area contributed by atoms with Crippen LogP contribution in [-0.2, 0) is 0 Å². The Labute approximate surface area is 109 Å². The van der Waals surface area contributed by atoms with E-state index in [-0.39, 0.29) is 0 Å². The molecule has 1 aliphatic carbocycles. The van der Waals surface area contributed by atoms with E-state index in [1.54, 1.807) is 7.11 Å². The Bertz CT molecular complexity index is 367. The molecule has 0 aromatic heterocycles. The average molecular weight is 250 g/mol. The molecule has 100 valence electrons. The molecule has 1 fully saturated rings. The smallest absolute Gasteiger partial charge is 0.161 e. The van der Waals surface area contributed by atoms with E-state index in [1.165, 1.54) is 12.8 Å². The van der Waals surface area contributed by atoms with Gasteiger partial charge in [-0.1, -0.05) is 12.1 Å². The highest BCUT2D eigenvalue weighted by Crippen LogP contribution is 2.27. The van der Waals surface area contributed by atoms with E-state index in [9.17, 15) is 0 Å². The van der Waals surface area contributed by atoms with E-state index < -0.39 is 0 Å². The van der Waals surface area contributed by atoms with Gasteiger partial charge in [-0.25, -0.2) is 0 Å². The fraction of sp³-hybridized carbons (Fsp3) is 0.571. The Kier molecular flexibility index (Phi) is 4.84. The van der Waals surface area contributed by atoms with Crippen molar-refractivity contribution in [3.63, 3.8) is 0 Å². The number of methoxy groups -OCH3 is 1. The van der Waals surface area contributed by atoms with Gasteiger partial charge in [-0.2, -0.15) is 0 Å². The summed E-state index contributed by atoms with van der Waals surface area (Å²) in [7, 11) is 1.66. The molecule has 0 spiro atoms. The van der Waals surface area contributed by atoms with Gasteiger partial charge in [0.15, 0.2) is 11.5 Å². The lowest BCUT2D eigenvalue weighted by Crippen LogP contribution is -2.34. The highest BCUT2D eigenvalue weighted by Gasteiger charge is 2.27. The molecule has 0 radical (unpaired) electrons. The highest BCUT2D eigenvalue weighted by molar-refractivity contribution is 5.39. The summed E-state index contributed by atoms with van der Waals surface area (Å²) in [5, 5.41) is 0. The van der Waals surface area contributed by atoms with Crippen molar-refractivity contribution in [2.75, 3.05) is 33.4 Å². The molecule has 1 aromatic carbocycles. The molecule has 18 heavy (non-hydrogen) atoms. The highest BCUT2D eigenvalue weighted by atomic mass is 16.5. The third kappa shape index (κ3) is 3.62. The van der Waals surface area contributed by atoms with E-state index in [1.807, 2.05) is 24.3 Å². The van der Waals surface area contributed by atoms with Crippen molar-refractivity contribution < 1.29 is 9.47 Å². The minimum absolute atomic E-state index is 0.677. The van der Waals surface area contributed by atoms with Crippen LogP contribution in [0.25, 0.3) is 0 Å². The summed E-state index contributed by atoms with van der Waals surface area (Å²) < 4.78 is 11.0. The van der Waals surface area contributed by atoms with Crippen LogP contribution in [0, 0.1) is 0 Å². The van der Waals surface area contributed by atoms with Gasteiger partial charge in [-0.05, 0) is 25.0 Å². The van der Waals surface area contributed by atoms with E-state index in [4.69, 9.17) is 15.2 Å². The van der Waals surface area contributed by atoms with E-state index in [2.05, 4.69) is 4.90 Å². The minimum atomic E-state index is 0.677. The molecule has 1 aliphatic rings. The van der Waals surface area contributed by atoms with E-state index in [0.29, 0.717) is 13.2 Å². The van der Waals surface area contributed by atoms with Gasteiger partial charge in [0.1, 0.15) is 6.61 Å². The standard InChI is InChI=1S/C14H22N2O2/c1-17-13-4-2-3-5-14(13)18-11-10-16(9-8-15)12-6-7-12/h2-5,12H,6-11,15H2,1H3. The fourth-order valence-corrected chi connectivity index (χ4v) is 2.09. The summed E-state index contributed by atoms with van der Waals surface area (Å²) in [4.78, 5) is 2.41. The maximum Gasteiger partial charge on any atom is 0.161 e. The molecule has 0 atom stereocenters. The van der Waals surface area contributed by atoms with Gasteiger partial charge < -0.3 is 15.2 Å². The van der Waals surface area contributed by atoms with Gasteiger partial charge in [0.25, 0.3) is 0 Å². The lowest BCUT2D eigenvalue weighted by molar-refractivity contribution is 0.201. The van der Waals surface area contributed by atoms with Crippen LogP contribution in [0.4, 0.5) is 0 Å². The second-order valence-electron chi connectivity index (χ2n) is 4.56. The first-order chi connectivity index (χ1) is 8.85. The van der Waals surface area contributed by atoms with Crippen molar-refractivity contribution in [1.82, 2.24) is 4.90 Å². The zero-order valence-electron chi connectivity index (χ0n) is 11.0. The van der Waals surface area contributed by atoms with Gasteiger partial charge >= 0.3 is 0 Å².